The number of hydrogen-bond donors (Lipinski definition) is 0. The van der Waals surface area contributed by atoms with Crippen LogP contribution in [0.25, 0.3) is 54.6 Å². The molecular formula is C47H30N6. The molecule has 6 heteroatoms. The second-order valence-corrected chi connectivity index (χ2v) is 13.8. The Balaban J connectivity index is 1.38. The first-order valence-electron chi connectivity index (χ1n) is 17.4. The van der Waals surface area contributed by atoms with Gasteiger partial charge >= 0.3 is 0 Å². The van der Waals surface area contributed by atoms with E-state index in [1.54, 1.807) is 6.07 Å². The Morgan fingerprint density at radius 2 is 1.25 bits per heavy atom. The van der Waals surface area contributed by atoms with E-state index in [2.05, 4.69) is 148 Å². The average molecular weight is 679 g/mol. The number of benzene rings is 6. The van der Waals surface area contributed by atoms with Crippen LogP contribution in [0.5, 0.6) is 0 Å². The van der Waals surface area contributed by atoms with Crippen LogP contribution in [-0.4, -0.2) is 9.55 Å². The lowest BCUT2D eigenvalue weighted by molar-refractivity contribution is 0.632. The molecule has 6 nitrogen and oxygen atoms in total. The van der Waals surface area contributed by atoms with Crippen molar-refractivity contribution in [1.82, 2.24) is 9.55 Å². The lowest BCUT2D eigenvalue weighted by Crippen LogP contribution is -2.30. The van der Waals surface area contributed by atoms with Gasteiger partial charge in [0.15, 0.2) is 0 Å². The van der Waals surface area contributed by atoms with Crippen LogP contribution < -0.4 is 4.90 Å². The summed E-state index contributed by atoms with van der Waals surface area (Å²) in [6.45, 7) is 12.2. The zero-order valence-electron chi connectivity index (χ0n) is 29.0. The topological polar surface area (TPSA) is 73.0 Å². The normalized spacial score (nSPS) is 12.8. The van der Waals surface area contributed by atoms with Crippen molar-refractivity contribution in [3.8, 4) is 40.1 Å². The highest BCUT2D eigenvalue weighted by Gasteiger charge is 2.36. The first-order valence-corrected chi connectivity index (χ1v) is 17.4. The van der Waals surface area contributed by atoms with Crippen molar-refractivity contribution in [3.63, 3.8) is 0 Å². The fourth-order valence-electron chi connectivity index (χ4n) is 8.11. The van der Waals surface area contributed by atoms with Crippen LogP contribution >= 0.6 is 0 Å². The van der Waals surface area contributed by atoms with Crippen molar-refractivity contribution in [2.75, 3.05) is 4.90 Å². The molecule has 0 unspecified atom stereocenters. The zero-order chi connectivity index (χ0) is 36.3. The maximum absolute atomic E-state index is 10.3. The monoisotopic (exact) mass is 678 g/mol. The molecule has 0 saturated heterocycles. The van der Waals surface area contributed by atoms with Gasteiger partial charge in [0.2, 0.25) is 5.69 Å². The molecule has 0 saturated carbocycles. The molecule has 1 aliphatic rings. The van der Waals surface area contributed by atoms with Gasteiger partial charge in [0.05, 0.1) is 46.7 Å². The zero-order valence-corrected chi connectivity index (χ0v) is 29.0. The molecule has 0 aliphatic carbocycles. The standard InChI is InChI=1S/C47H30N6/c1-47(2)40-15-7-10-18-45(40)53(46-19-11-8-16-41(46)47)34-23-30(22-33(26-34)52-43-17-9-6-14-37(43)39-29-51-21-20-44(39)52)35-12-4-5-13-36(35)38-24-32(28-49)42(50-3)25-31(38)27-48/h4-26,29H,1-2H3. The molecule has 0 fully saturated rings. The van der Waals surface area contributed by atoms with Crippen molar-refractivity contribution in [2.24, 2.45) is 0 Å². The van der Waals surface area contributed by atoms with Crippen LogP contribution in [0.15, 0.2) is 146 Å². The molecule has 0 amide bonds. The van der Waals surface area contributed by atoms with Gasteiger partial charge in [-0.15, -0.1) is 0 Å². The lowest BCUT2D eigenvalue weighted by atomic mass is 9.73. The van der Waals surface area contributed by atoms with E-state index in [1.807, 2.05) is 30.6 Å². The molecule has 9 rings (SSSR count). The van der Waals surface area contributed by atoms with E-state index in [1.165, 1.54) is 17.2 Å². The Morgan fingerprint density at radius 3 is 1.96 bits per heavy atom. The molecule has 1 aliphatic heterocycles. The molecule has 6 aromatic carbocycles. The van der Waals surface area contributed by atoms with Gasteiger partial charge in [0.1, 0.15) is 0 Å². The third-order valence-electron chi connectivity index (χ3n) is 10.6. The number of fused-ring (bicyclic) bond motifs is 5. The number of hydrogen-bond acceptors (Lipinski definition) is 4. The first kappa shape index (κ1) is 31.5. The summed E-state index contributed by atoms with van der Waals surface area (Å²) in [5, 5.41) is 22.4. The Kier molecular flexibility index (Phi) is 7.19. The number of para-hydroxylation sites is 3. The molecule has 0 bridgehead atoms. The molecule has 0 radical (unpaired) electrons. The van der Waals surface area contributed by atoms with E-state index in [0.29, 0.717) is 11.1 Å². The van der Waals surface area contributed by atoms with Crippen molar-refractivity contribution < 1.29 is 0 Å². The second kappa shape index (κ2) is 12.1. The third-order valence-corrected chi connectivity index (χ3v) is 10.6. The fourth-order valence-corrected chi connectivity index (χ4v) is 8.11. The van der Waals surface area contributed by atoms with E-state index >= 15 is 0 Å². The lowest BCUT2D eigenvalue weighted by Gasteiger charge is -2.42. The minimum Gasteiger partial charge on any atom is -0.310 e. The Labute approximate surface area is 307 Å². The third kappa shape index (κ3) is 4.80. The minimum absolute atomic E-state index is 0.167. The Morgan fingerprint density at radius 1 is 0.623 bits per heavy atom. The quantitative estimate of drug-likeness (QED) is 0.174. The van der Waals surface area contributed by atoms with Crippen LogP contribution in [0.1, 0.15) is 36.1 Å². The van der Waals surface area contributed by atoms with Crippen LogP contribution in [0, 0.1) is 29.2 Å². The highest BCUT2D eigenvalue weighted by molar-refractivity contribution is 6.09. The molecule has 2 aromatic heterocycles. The molecule has 248 valence electrons. The maximum atomic E-state index is 10.3. The molecule has 53 heavy (non-hydrogen) atoms. The summed E-state index contributed by atoms with van der Waals surface area (Å²) in [7, 11) is 0. The summed E-state index contributed by atoms with van der Waals surface area (Å²) >= 11 is 0. The van der Waals surface area contributed by atoms with Crippen LogP contribution in [0.2, 0.25) is 0 Å². The van der Waals surface area contributed by atoms with Crippen LogP contribution in [0.4, 0.5) is 22.7 Å². The van der Waals surface area contributed by atoms with E-state index in [4.69, 9.17) is 6.57 Å². The summed E-state index contributed by atoms with van der Waals surface area (Å²) in [6.07, 6.45) is 3.76. The smallest absolute Gasteiger partial charge is 0.205 e. The van der Waals surface area contributed by atoms with Gasteiger partial charge in [0, 0.05) is 45.5 Å². The van der Waals surface area contributed by atoms with Gasteiger partial charge in [0.25, 0.3) is 0 Å². The van der Waals surface area contributed by atoms with Gasteiger partial charge in [-0.25, -0.2) is 4.85 Å². The van der Waals surface area contributed by atoms with Crippen LogP contribution in [-0.2, 0) is 5.41 Å². The second-order valence-electron chi connectivity index (χ2n) is 13.8. The van der Waals surface area contributed by atoms with Crippen molar-refractivity contribution >= 4 is 44.6 Å². The summed E-state index contributed by atoms with van der Waals surface area (Å²) in [6, 6.07) is 50.0. The van der Waals surface area contributed by atoms with Gasteiger partial charge in [-0.05, 0) is 88.0 Å². The SMILES string of the molecule is [C-]#[N+]c1cc(C#N)c(-c2ccccc2-c2cc(N3c4ccccc4C(C)(C)c4ccccc43)cc(-n3c4ccccc4c4cnccc43)c2)cc1C#N. The summed E-state index contributed by atoms with van der Waals surface area (Å²) in [5.41, 5.74) is 12.5. The van der Waals surface area contributed by atoms with E-state index in [0.717, 1.165) is 61.2 Å². The summed E-state index contributed by atoms with van der Waals surface area (Å²) in [5.74, 6) is 0. The number of rotatable bonds is 4. The van der Waals surface area contributed by atoms with E-state index < -0.39 is 0 Å². The fraction of sp³-hybridized carbons (Fsp3) is 0.0638. The van der Waals surface area contributed by atoms with E-state index in [9.17, 15) is 10.5 Å². The molecule has 0 atom stereocenters. The molecule has 3 heterocycles. The number of aromatic nitrogens is 2. The van der Waals surface area contributed by atoms with Gasteiger partial charge in [-0.1, -0.05) is 92.7 Å². The van der Waals surface area contributed by atoms with Crippen LogP contribution in [0.3, 0.4) is 0 Å². The van der Waals surface area contributed by atoms with Gasteiger partial charge in [-0.2, -0.15) is 10.5 Å². The maximum Gasteiger partial charge on any atom is 0.205 e. The Hall–Kier alpha value is -7.46. The van der Waals surface area contributed by atoms with Crippen molar-refractivity contribution in [3.05, 3.63) is 180 Å². The number of anilines is 3. The predicted molar refractivity (Wildman–Crippen MR) is 212 cm³/mol. The van der Waals surface area contributed by atoms with Crippen molar-refractivity contribution in [1.29, 1.82) is 10.5 Å². The van der Waals surface area contributed by atoms with Gasteiger partial charge < -0.3 is 9.47 Å². The number of nitriles is 2. The predicted octanol–water partition coefficient (Wildman–Crippen LogP) is 11.9. The number of nitrogens with zero attached hydrogens (tertiary/aromatic N) is 6. The average Bonchev–Trinajstić information content (AvgIpc) is 3.55. The highest BCUT2D eigenvalue weighted by Crippen LogP contribution is 2.52. The number of pyridine rings is 1. The summed E-state index contributed by atoms with van der Waals surface area (Å²) < 4.78 is 2.30. The first-order chi connectivity index (χ1) is 25.9. The molecule has 8 aromatic rings. The molecule has 0 N–H and O–H groups in total. The summed E-state index contributed by atoms with van der Waals surface area (Å²) in [4.78, 5) is 10.4. The van der Waals surface area contributed by atoms with Gasteiger partial charge in [-0.3, -0.25) is 4.98 Å². The highest BCUT2D eigenvalue weighted by atomic mass is 15.2. The minimum atomic E-state index is -0.222. The van der Waals surface area contributed by atoms with Crippen molar-refractivity contribution in [2.45, 2.75) is 19.3 Å². The van der Waals surface area contributed by atoms with E-state index in [-0.39, 0.29) is 16.7 Å². The largest absolute Gasteiger partial charge is 0.310 e. The molecule has 0 spiro atoms. The Bertz CT molecular complexity index is 2830. The molecular weight excluding hydrogens is 649 g/mol.